The summed E-state index contributed by atoms with van der Waals surface area (Å²) in [5.41, 5.74) is 8.28. The first kappa shape index (κ1) is 22.9. The van der Waals surface area contributed by atoms with Crippen LogP contribution in [0, 0.1) is 0 Å². The Morgan fingerprint density at radius 1 is 1.07 bits per heavy atom. The van der Waals surface area contributed by atoms with Crippen molar-refractivity contribution < 1.29 is 19.1 Å². The molecule has 0 aliphatic rings. The van der Waals surface area contributed by atoms with Crippen LogP contribution in [0.15, 0.2) is 48.5 Å². The highest BCUT2D eigenvalue weighted by molar-refractivity contribution is 6.05. The molecule has 0 aromatic heterocycles. The summed E-state index contributed by atoms with van der Waals surface area (Å²) in [6, 6.07) is 14.1. The van der Waals surface area contributed by atoms with Crippen molar-refractivity contribution in [2.24, 2.45) is 0 Å². The lowest BCUT2D eigenvalue weighted by atomic mass is 10.1. The number of carbonyl (C=O) groups is 3. The number of carbonyl (C=O) groups excluding carboxylic acids is 3. The second kappa shape index (κ2) is 11.6. The van der Waals surface area contributed by atoms with Gasteiger partial charge in [-0.1, -0.05) is 31.2 Å². The van der Waals surface area contributed by atoms with Gasteiger partial charge in [0.2, 0.25) is 11.8 Å². The number of hydrogen-bond donors (Lipinski definition) is 3. The van der Waals surface area contributed by atoms with Gasteiger partial charge in [0.15, 0.2) is 0 Å². The first-order valence-corrected chi connectivity index (χ1v) is 9.74. The van der Waals surface area contributed by atoms with Crippen molar-refractivity contribution >= 4 is 29.1 Å². The largest absolute Gasteiger partial charge is 0.397 e. The van der Waals surface area contributed by atoms with Crippen molar-refractivity contribution in [3.8, 4) is 0 Å². The van der Waals surface area contributed by atoms with Gasteiger partial charge in [-0.25, -0.2) is 0 Å². The van der Waals surface area contributed by atoms with Crippen LogP contribution in [0.2, 0.25) is 0 Å². The normalized spacial score (nSPS) is 10.3. The molecule has 8 heteroatoms. The van der Waals surface area contributed by atoms with E-state index >= 15 is 0 Å². The van der Waals surface area contributed by atoms with Crippen molar-refractivity contribution in [3.63, 3.8) is 0 Å². The number of amides is 3. The topological polar surface area (TPSA) is 114 Å². The zero-order chi connectivity index (χ0) is 21.9. The first-order valence-electron chi connectivity index (χ1n) is 9.74. The summed E-state index contributed by atoms with van der Waals surface area (Å²) in [4.78, 5) is 37.2. The van der Waals surface area contributed by atoms with Crippen molar-refractivity contribution in [2.45, 2.75) is 19.9 Å². The number of rotatable bonds is 10. The third-order valence-corrected chi connectivity index (χ3v) is 4.39. The molecule has 2 aromatic rings. The van der Waals surface area contributed by atoms with E-state index in [-0.39, 0.29) is 30.9 Å². The van der Waals surface area contributed by atoms with Gasteiger partial charge < -0.3 is 26.0 Å². The number of para-hydroxylation sites is 2. The Hall–Kier alpha value is -3.39. The molecule has 0 bridgehead atoms. The molecule has 0 aliphatic carbocycles. The molecule has 0 radical (unpaired) electrons. The molecule has 0 heterocycles. The van der Waals surface area contributed by atoms with Crippen LogP contribution in [0.4, 0.5) is 11.4 Å². The van der Waals surface area contributed by atoms with Crippen molar-refractivity contribution in [2.75, 3.05) is 37.9 Å². The number of nitrogens with one attached hydrogen (secondary N) is 2. The molecule has 160 valence electrons. The summed E-state index contributed by atoms with van der Waals surface area (Å²) in [6.45, 7) is 2.76. The summed E-state index contributed by atoms with van der Waals surface area (Å²) < 4.78 is 5.30. The Balaban J connectivity index is 1.79. The van der Waals surface area contributed by atoms with Gasteiger partial charge in [0.1, 0.15) is 6.61 Å². The van der Waals surface area contributed by atoms with Crippen molar-refractivity contribution in [1.29, 1.82) is 0 Å². The lowest BCUT2D eigenvalue weighted by Gasteiger charge is -2.17. The summed E-state index contributed by atoms with van der Waals surface area (Å²) in [7, 11) is 1.68. The maximum Gasteiger partial charge on any atom is 0.255 e. The van der Waals surface area contributed by atoms with E-state index in [2.05, 4.69) is 10.6 Å². The highest BCUT2D eigenvalue weighted by Gasteiger charge is 2.11. The first-order chi connectivity index (χ1) is 14.4. The van der Waals surface area contributed by atoms with Gasteiger partial charge in [-0.15, -0.1) is 0 Å². The van der Waals surface area contributed by atoms with Crippen molar-refractivity contribution in [3.05, 3.63) is 59.7 Å². The fourth-order valence-electron chi connectivity index (χ4n) is 2.59. The van der Waals surface area contributed by atoms with E-state index in [4.69, 9.17) is 10.5 Å². The summed E-state index contributed by atoms with van der Waals surface area (Å²) in [5, 5.41) is 5.46. The summed E-state index contributed by atoms with van der Waals surface area (Å²) in [6.07, 6.45) is 0.419. The molecule has 0 fully saturated rings. The highest BCUT2D eigenvalue weighted by Crippen LogP contribution is 2.18. The summed E-state index contributed by atoms with van der Waals surface area (Å²) in [5.74, 6) is -0.475. The lowest BCUT2D eigenvalue weighted by molar-refractivity contribution is -0.135. The van der Waals surface area contributed by atoms with E-state index in [1.807, 2.05) is 0 Å². The van der Waals surface area contributed by atoms with Crippen LogP contribution in [0.1, 0.15) is 29.3 Å². The highest BCUT2D eigenvalue weighted by atomic mass is 16.5. The Morgan fingerprint density at radius 3 is 2.43 bits per heavy atom. The van der Waals surface area contributed by atoms with E-state index < -0.39 is 0 Å². The Labute approximate surface area is 176 Å². The molecule has 0 aliphatic heterocycles. The fraction of sp³-hybridized carbons (Fsp3) is 0.318. The third kappa shape index (κ3) is 7.21. The number of nitrogens with zero attached hydrogens (tertiary/aromatic N) is 1. The Kier molecular flexibility index (Phi) is 8.83. The smallest absolute Gasteiger partial charge is 0.255 e. The van der Waals surface area contributed by atoms with E-state index in [1.165, 1.54) is 0 Å². The number of ether oxygens (including phenoxy) is 1. The molecule has 0 atom stereocenters. The van der Waals surface area contributed by atoms with Crippen molar-refractivity contribution in [1.82, 2.24) is 10.2 Å². The standard InChI is InChI=1S/C22H28N4O4/c1-3-20(27)24-12-13-30-15-21(28)26(2)14-16-8-10-17(11-9-16)22(29)25-19-7-5-4-6-18(19)23/h4-11H,3,12-15,23H2,1-2H3,(H,24,27)(H,25,29). The van der Waals surface area contributed by atoms with Gasteiger partial charge in [0.25, 0.3) is 5.91 Å². The molecule has 2 rings (SSSR count). The molecule has 0 unspecified atom stereocenters. The molecule has 8 nitrogen and oxygen atoms in total. The van der Waals surface area contributed by atoms with E-state index in [0.717, 1.165) is 5.56 Å². The fourth-order valence-corrected chi connectivity index (χ4v) is 2.59. The van der Waals surface area contributed by atoms with Gasteiger partial charge in [-0.05, 0) is 29.8 Å². The molecule has 0 spiro atoms. The van der Waals surface area contributed by atoms with Crippen LogP contribution in [-0.4, -0.2) is 49.4 Å². The number of benzene rings is 2. The lowest BCUT2D eigenvalue weighted by Crippen LogP contribution is -2.32. The SMILES string of the molecule is CCC(=O)NCCOCC(=O)N(C)Cc1ccc(C(=O)Nc2ccccc2N)cc1. The minimum atomic E-state index is -0.257. The van der Waals surface area contributed by atoms with Crippen LogP contribution in [0.25, 0.3) is 0 Å². The minimum absolute atomic E-state index is 0.0496. The number of hydrogen-bond acceptors (Lipinski definition) is 5. The molecular formula is C22H28N4O4. The number of anilines is 2. The average molecular weight is 412 g/mol. The van der Waals surface area contributed by atoms with Gasteiger partial charge in [0, 0.05) is 32.1 Å². The molecule has 30 heavy (non-hydrogen) atoms. The maximum atomic E-state index is 12.4. The van der Waals surface area contributed by atoms with Crippen LogP contribution in [0.5, 0.6) is 0 Å². The molecule has 2 aromatic carbocycles. The van der Waals surface area contributed by atoms with Gasteiger partial charge >= 0.3 is 0 Å². The van der Waals surface area contributed by atoms with E-state index in [9.17, 15) is 14.4 Å². The number of likely N-dealkylation sites (N-methyl/N-ethyl adjacent to an activating group) is 1. The summed E-state index contributed by atoms with van der Waals surface area (Å²) >= 11 is 0. The van der Waals surface area contributed by atoms with E-state index in [0.29, 0.717) is 36.4 Å². The zero-order valence-electron chi connectivity index (χ0n) is 17.3. The van der Waals surface area contributed by atoms with Gasteiger partial charge in [-0.3, -0.25) is 14.4 Å². The molecule has 4 N–H and O–H groups in total. The second-order valence-corrected chi connectivity index (χ2v) is 6.74. The molecular weight excluding hydrogens is 384 g/mol. The second-order valence-electron chi connectivity index (χ2n) is 6.74. The zero-order valence-corrected chi connectivity index (χ0v) is 17.3. The minimum Gasteiger partial charge on any atom is -0.397 e. The Bertz CT molecular complexity index is 868. The predicted molar refractivity (Wildman–Crippen MR) is 116 cm³/mol. The number of nitrogen functional groups attached to an aromatic ring is 1. The Morgan fingerprint density at radius 2 is 1.77 bits per heavy atom. The number of nitrogens with two attached hydrogens (primary N) is 1. The maximum absolute atomic E-state index is 12.4. The average Bonchev–Trinajstić information content (AvgIpc) is 2.75. The molecule has 0 saturated heterocycles. The quantitative estimate of drug-likeness (QED) is 0.408. The van der Waals surface area contributed by atoms with Gasteiger partial charge in [0.05, 0.1) is 18.0 Å². The van der Waals surface area contributed by atoms with Crippen LogP contribution >= 0.6 is 0 Å². The van der Waals surface area contributed by atoms with Crippen LogP contribution < -0.4 is 16.4 Å². The van der Waals surface area contributed by atoms with Crippen LogP contribution in [-0.2, 0) is 20.9 Å². The monoisotopic (exact) mass is 412 g/mol. The molecule has 3 amide bonds. The third-order valence-electron chi connectivity index (χ3n) is 4.39. The van der Waals surface area contributed by atoms with E-state index in [1.54, 1.807) is 67.4 Å². The van der Waals surface area contributed by atoms with Gasteiger partial charge in [-0.2, -0.15) is 0 Å². The van der Waals surface area contributed by atoms with Crippen LogP contribution in [0.3, 0.4) is 0 Å². The molecule has 0 saturated carbocycles. The predicted octanol–water partition coefficient (Wildman–Crippen LogP) is 2.02.